The van der Waals surface area contributed by atoms with Gasteiger partial charge in [0.2, 0.25) is 5.69 Å². The number of hydrogen-bond acceptors (Lipinski definition) is 5. The van der Waals surface area contributed by atoms with Crippen LogP contribution < -0.4 is 4.90 Å². The van der Waals surface area contributed by atoms with Crippen molar-refractivity contribution in [1.29, 1.82) is 0 Å². The maximum atomic E-state index is 10.6. The fraction of sp³-hybridized carbons (Fsp3) is 0.400. The Kier molecular flexibility index (Phi) is 1.75. The number of aromatic nitrogens is 2. The van der Waals surface area contributed by atoms with Crippen LogP contribution in [-0.2, 0) is 0 Å². The van der Waals surface area contributed by atoms with E-state index in [2.05, 4.69) is 14.9 Å². The van der Waals surface area contributed by atoms with Gasteiger partial charge in [-0.05, 0) is 11.8 Å². The summed E-state index contributed by atoms with van der Waals surface area (Å²) in [7, 11) is 0. The van der Waals surface area contributed by atoms with E-state index in [4.69, 9.17) is 5.21 Å². The molecule has 6 heteroatoms. The van der Waals surface area contributed by atoms with E-state index in [1.54, 1.807) is 0 Å². The van der Waals surface area contributed by atoms with Crippen LogP contribution in [0.3, 0.4) is 0 Å². The Balaban J connectivity index is 3.15. The third-order valence-electron chi connectivity index (χ3n) is 1.32. The highest BCUT2D eigenvalue weighted by atomic mass is 16.8. The second-order valence-electron chi connectivity index (χ2n) is 2.05. The smallest absolute Gasteiger partial charge is 0.268 e. The standard InChI is InChI=1S/C5H7N3O3/c1-3(6-9)5-4(2)8(10)11-7-5/h9H,1-2H3/b6-3+. The van der Waals surface area contributed by atoms with Crippen LogP contribution in [0.4, 0.5) is 0 Å². The summed E-state index contributed by atoms with van der Waals surface area (Å²) >= 11 is 0. The van der Waals surface area contributed by atoms with Crippen LogP contribution in [-0.4, -0.2) is 16.1 Å². The lowest BCUT2D eigenvalue weighted by molar-refractivity contribution is -0.806. The van der Waals surface area contributed by atoms with Crippen LogP contribution in [0.5, 0.6) is 0 Å². The highest BCUT2D eigenvalue weighted by Gasteiger charge is 2.16. The molecule has 0 atom stereocenters. The van der Waals surface area contributed by atoms with E-state index >= 15 is 0 Å². The first kappa shape index (κ1) is 7.52. The zero-order valence-electron chi connectivity index (χ0n) is 6.11. The molecule has 0 aliphatic carbocycles. The molecular weight excluding hydrogens is 150 g/mol. The maximum absolute atomic E-state index is 10.6. The van der Waals surface area contributed by atoms with Gasteiger partial charge in [-0.3, -0.25) is 4.63 Å². The van der Waals surface area contributed by atoms with Crippen LogP contribution in [0.25, 0.3) is 0 Å². The van der Waals surface area contributed by atoms with Gasteiger partial charge in [0.15, 0.2) is 0 Å². The average Bonchev–Trinajstić information content (AvgIpc) is 2.32. The summed E-state index contributed by atoms with van der Waals surface area (Å²) in [6.07, 6.45) is 0. The molecule has 0 saturated carbocycles. The Morgan fingerprint density at radius 3 is 2.82 bits per heavy atom. The predicted octanol–water partition coefficient (Wildman–Crippen LogP) is -0.185. The van der Waals surface area contributed by atoms with E-state index in [0.717, 1.165) is 0 Å². The van der Waals surface area contributed by atoms with Crippen molar-refractivity contribution in [3.05, 3.63) is 16.6 Å². The number of oxime groups is 1. The Hall–Kier alpha value is -1.59. The molecule has 0 unspecified atom stereocenters. The van der Waals surface area contributed by atoms with Gasteiger partial charge in [-0.1, -0.05) is 5.16 Å². The average molecular weight is 157 g/mol. The minimum absolute atomic E-state index is 0.251. The van der Waals surface area contributed by atoms with Gasteiger partial charge in [-0.25, -0.2) is 0 Å². The van der Waals surface area contributed by atoms with Crippen molar-refractivity contribution >= 4 is 5.71 Å². The molecule has 0 fully saturated rings. The summed E-state index contributed by atoms with van der Waals surface area (Å²) in [4.78, 5) is 0.254. The molecule has 60 valence electrons. The number of rotatable bonds is 1. The van der Waals surface area contributed by atoms with Crippen molar-refractivity contribution in [1.82, 2.24) is 5.16 Å². The first-order valence-corrected chi connectivity index (χ1v) is 2.92. The number of hydrogen-bond donors (Lipinski definition) is 1. The van der Waals surface area contributed by atoms with Crippen molar-refractivity contribution in [2.45, 2.75) is 13.8 Å². The molecule has 6 nitrogen and oxygen atoms in total. The molecule has 0 radical (unpaired) electrons. The van der Waals surface area contributed by atoms with Crippen LogP contribution >= 0.6 is 0 Å². The molecule has 1 heterocycles. The quantitative estimate of drug-likeness (QED) is 0.265. The van der Waals surface area contributed by atoms with Crippen molar-refractivity contribution < 1.29 is 14.7 Å². The minimum Gasteiger partial charge on any atom is -0.411 e. The molecule has 0 aliphatic heterocycles. The molecule has 11 heavy (non-hydrogen) atoms. The highest BCUT2D eigenvalue weighted by molar-refractivity contribution is 5.96. The SMILES string of the molecule is C/C(=N\O)c1no[n+]([O-])c1C. The molecule has 1 aromatic heterocycles. The van der Waals surface area contributed by atoms with E-state index < -0.39 is 0 Å². The van der Waals surface area contributed by atoms with E-state index in [-0.39, 0.29) is 22.0 Å². The fourth-order valence-corrected chi connectivity index (χ4v) is 0.667. The van der Waals surface area contributed by atoms with Crippen molar-refractivity contribution in [3.63, 3.8) is 0 Å². The largest absolute Gasteiger partial charge is 0.411 e. The molecule has 0 amide bonds. The van der Waals surface area contributed by atoms with E-state index in [9.17, 15) is 5.21 Å². The van der Waals surface area contributed by atoms with Gasteiger partial charge in [-0.2, -0.15) is 0 Å². The second-order valence-corrected chi connectivity index (χ2v) is 2.05. The van der Waals surface area contributed by atoms with Crippen LogP contribution in [0.15, 0.2) is 9.78 Å². The summed E-state index contributed by atoms with van der Waals surface area (Å²) in [5.41, 5.74) is 0.795. The maximum Gasteiger partial charge on any atom is 0.268 e. The zero-order valence-corrected chi connectivity index (χ0v) is 6.11. The normalized spacial score (nSPS) is 12.0. The second kappa shape index (κ2) is 2.57. The van der Waals surface area contributed by atoms with Gasteiger partial charge >= 0.3 is 0 Å². The molecule has 1 N–H and O–H groups in total. The molecule has 0 bridgehead atoms. The van der Waals surface area contributed by atoms with Crippen molar-refractivity contribution in [2.24, 2.45) is 5.16 Å². The summed E-state index contributed by atoms with van der Waals surface area (Å²) in [6, 6.07) is 0. The Bertz CT molecular complexity index is 291. The van der Waals surface area contributed by atoms with Crippen LogP contribution in [0.1, 0.15) is 18.3 Å². The van der Waals surface area contributed by atoms with Gasteiger partial charge in [0.05, 0.1) is 0 Å². The molecule has 0 aromatic carbocycles. The van der Waals surface area contributed by atoms with Gasteiger partial charge in [0, 0.05) is 12.1 Å². The van der Waals surface area contributed by atoms with E-state index in [1.165, 1.54) is 13.8 Å². The summed E-state index contributed by atoms with van der Waals surface area (Å²) < 4.78 is 4.24. The zero-order chi connectivity index (χ0) is 8.43. The fourth-order valence-electron chi connectivity index (χ4n) is 0.667. The summed E-state index contributed by atoms with van der Waals surface area (Å²) in [5, 5.41) is 25.2. The molecular formula is C5H7N3O3. The highest BCUT2D eigenvalue weighted by Crippen LogP contribution is 1.99. The Labute approximate surface area is 62.3 Å². The van der Waals surface area contributed by atoms with E-state index in [1.807, 2.05) is 0 Å². The third-order valence-corrected chi connectivity index (χ3v) is 1.32. The molecule has 0 spiro atoms. The Morgan fingerprint density at radius 2 is 2.45 bits per heavy atom. The lowest BCUT2D eigenvalue weighted by Crippen LogP contribution is -2.26. The van der Waals surface area contributed by atoms with Crippen LogP contribution in [0, 0.1) is 12.1 Å². The topological polar surface area (TPSA) is 85.6 Å². The Morgan fingerprint density at radius 1 is 1.82 bits per heavy atom. The molecule has 0 aliphatic rings. The monoisotopic (exact) mass is 157 g/mol. The molecule has 0 saturated heterocycles. The first-order valence-electron chi connectivity index (χ1n) is 2.92. The first-order chi connectivity index (χ1) is 5.16. The predicted molar refractivity (Wildman–Crippen MR) is 34.2 cm³/mol. The van der Waals surface area contributed by atoms with Gasteiger partial charge < -0.3 is 10.4 Å². The van der Waals surface area contributed by atoms with E-state index in [0.29, 0.717) is 0 Å². The summed E-state index contributed by atoms with van der Waals surface area (Å²) in [5.74, 6) is 0. The molecule has 1 rings (SSSR count). The van der Waals surface area contributed by atoms with Gasteiger partial charge in [-0.15, -0.1) is 0 Å². The lowest BCUT2D eigenvalue weighted by atomic mass is 10.2. The third kappa shape index (κ3) is 1.14. The van der Waals surface area contributed by atoms with Gasteiger partial charge in [0.25, 0.3) is 5.69 Å². The van der Waals surface area contributed by atoms with Gasteiger partial charge in [0.1, 0.15) is 5.71 Å². The van der Waals surface area contributed by atoms with Crippen molar-refractivity contribution in [2.75, 3.05) is 0 Å². The van der Waals surface area contributed by atoms with Crippen molar-refractivity contribution in [3.8, 4) is 0 Å². The number of nitrogens with zero attached hydrogens (tertiary/aromatic N) is 3. The molecule has 1 aromatic rings. The summed E-state index contributed by atoms with van der Waals surface area (Å²) in [6.45, 7) is 3.04. The lowest BCUT2D eigenvalue weighted by Gasteiger charge is -1.86. The van der Waals surface area contributed by atoms with Crippen LogP contribution in [0.2, 0.25) is 0 Å². The minimum atomic E-state index is 0.251.